The molecule has 6 heteroatoms. The van der Waals surface area contributed by atoms with Crippen LogP contribution in [0.4, 0.5) is 5.82 Å². The van der Waals surface area contributed by atoms with E-state index in [2.05, 4.69) is 19.9 Å². The van der Waals surface area contributed by atoms with Gasteiger partial charge in [0.05, 0.1) is 6.33 Å². The second-order valence-electron chi connectivity index (χ2n) is 4.21. The maximum absolute atomic E-state index is 5.72. The van der Waals surface area contributed by atoms with Gasteiger partial charge in [-0.3, -0.25) is 0 Å². The van der Waals surface area contributed by atoms with Gasteiger partial charge in [-0.1, -0.05) is 0 Å². The van der Waals surface area contributed by atoms with Gasteiger partial charge in [0.25, 0.3) is 0 Å². The molecule has 3 N–H and O–H groups in total. The van der Waals surface area contributed by atoms with Crippen molar-refractivity contribution >= 4 is 17.0 Å². The summed E-state index contributed by atoms with van der Waals surface area (Å²) in [4.78, 5) is 15.0. The van der Waals surface area contributed by atoms with E-state index in [9.17, 15) is 0 Å². The Labute approximate surface area is 86.9 Å². The predicted octanol–water partition coefficient (Wildman–Crippen LogP) is 1.11. The molecule has 80 valence electrons. The van der Waals surface area contributed by atoms with Crippen LogP contribution in [0.25, 0.3) is 11.2 Å². The Morgan fingerprint density at radius 1 is 1.33 bits per heavy atom. The fourth-order valence-corrected chi connectivity index (χ4v) is 1.15. The maximum atomic E-state index is 5.72. The Bertz CT molecular complexity index is 485. The van der Waals surface area contributed by atoms with Crippen LogP contribution in [0.3, 0.4) is 0 Å². The Kier molecular flexibility index (Phi) is 1.99. The van der Waals surface area contributed by atoms with Gasteiger partial charge in [0.1, 0.15) is 11.1 Å². The molecule has 2 heterocycles. The standard InChI is InChI=1S/C9H13N5O/c1-9(2,3)15-8-13-6(10)5-7(14-8)12-4-11-5/h4H,1-3H3,(H3,10,11,12,13,14). The molecule has 0 aliphatic carbocycles. The third-order valence-corrected chi connectivity index (χ3v) is 1.69. The molecule has 0 aliphatic heterocycles. The van der Waals surface area contributed by atoms with E-state index in [0.29, 0.717) is 17.0 Å². The number of nitrogens with zero attached hydrogens (tertiary/aromatic N) is 3. The van der Waals surface area contributed by atoms with Crippen LogP contribution in [-0.2, 0) is 0 Å². The summed E-state index contributed by atoms with van der Waals surface area (Å²) < 4.78 is 5.50. The number of aromatic nitrogens is 4. The van der Waals surface area contributed by atoms with E-state index in [1.165, 1.54) is 6.33 Å². The van der Waals surface area contributed by atoms with Gasteiger partial charge in [0, 0.05) is 0 Å². The second-order valence-corrected chi connectivity index (χ2v) is 4.21. The first-order valence-corrected chi connectivity index (χ1v) is 4.61. The first kappa shape index (κ1) is 9.70. The van der Waals surface area contributed by atoms with Gasteiger partial charge < -0.3 is 15.5 Å². The van der Waals surface area contributed by atoms with Crippen molar-refractivity contribution in [1.82, 2.24) is 19.9 Å². The van der Waals surface area contributed by atoms with Crippen LogP contribution in [0.1, 0.15) is 20.8 Å². The summed E-state index contributed by atoms with van der Waals surface area (Å²) >= 11 is 0. The molecule has 6 nitrogen and oxygen atoms in total. The van der Waals surface area contributed by atoms with Crippen LogP contribution >= 0.6 is 0 Å². The molecular weight excluding hydrogens is 194 g/mol. The minimum Gasteiger partial charge on any atom is -0.458 e. The maximum Gasteiger partial charge on any atom is 0.321 e. The first-order chi connectivity index (χ1) is 6.96. The molecule has 0 fully saturated rings. The molecule has 2 aromatic heterocycles. The van der Waals surface area contributed by atoms with E-state index >= 15 is 0 Å². The molecule has 0 radical (unpaired) electrons. The van der Waals surface area contributed by atoms with Gasteiger partial charge >= 0.3 is 6.01 Å². The fourth-order valence-electron chi connectivity index (χ4n) is 1.15. The first-order valence-electron chi connectivity index (χ1n) is 4.61. The average Bonchev–Trinajstić information content (AvgIpc) is 2.48. The summed E-state index contributed by atoms with van der Waals surface area (Å²) in [7, 11) is 0. The molecule has 0 bridgehead atoms. The summed E-state index contributed by atoms with van der Waals surface area (Å²) in [6, 6.07) is 0.250. The Balaban J connectivity index is 2.45. The topological polar surface area (TPSA) is 89.7 Å². The fraction of sp³-hybridized carbons (Fsp3) is 0.444. The van der Waals surface area contributed by atoms with Crippen molar-refractivity contribution in [2.75, 3.05) is 5.73 Å². The van der Waals surface area contributed by atoms with E-state index in [-0.39, 0.29) is 11.6 Å². The summed E-state index contributed by atoms with van der Waals surface area (Å²) in [5, 5.41) is 0. The number of H-pyrrole nitrogens is 1. The SMILES string of the molecule is CC(C)(C)Oc1nc(N)c2[nH]cnc2n1. The minimum atomic E-state index is -0.351. The molecule has 2 rings (SSSR count). The van der Waals surface area contributed by atoms with Gasteiger partial charge in [0.2, 0.25) is 0 Å². The number of imidazole rings is 1. The highest BCUT2D eigenvalue weighted by Gasteiger charge is 2.16. The van der Waals surface area contributed by atoms with Crippen molar-refractivity contribution in [1.29, 1.82) is 0 Å². The zero-order valence-corrected chi connectivity index (χ0v) is 8.90. The molecule has 0 unspecified atom stereocenters. The number of nitrogen functional groups attached to an aromatic ring is 1. The molecular formula is C9H13N5O. The lowest BCUT2D eigenvalue weighted by Gasteiger charge is -2.19. The van der Waals surface area contributed by atoms with Crippen LogP contribution in [0.15, 0.2) is 6.33 Å². The highest BCUT2D eigenvalue weighted by Crippen LogP contribution is 2.19. The molecule has 0 spiro atoms. The smallest absolute Gasteiger partial charge is 0.321 e. The van der Waals surface area contributed by atoms with Crippen LogP contribution in [0.2, 0.25) is 0 Å². The van der Waals surface area contributed by atoms with Crippen molar-refractivity contribution in [3.63, 3.8) is 0 Å². The molecule has 15 heavy (non-hydrogen) atoms. The number of fused-ring (bicyclic) bond motifs is 1. The van der Waals surface area contributed by atoms with E-state index in [4.69, 9.17) is 10.5 Å². The van der Waals surface area contributed by atoms with Gasteiger partial charge in [-0.05, 0) is 20.8 Å². The zero-order chi connectivity index (χ0) is 11.1. The van der Waals surface area contributed by atoms with Crippen molar-refractivity contribution < 1.29 is 4.74 Å². The van der Waals surface area contributed by atoms with E-state index in [1.54, 1.807) is 0 Å². The third-order valence-electron chi connectivity index (χ3n) is 1.69. The molecule has 2 aromatic rings. The lowest BCUT2D eigenvalue weighted by molar-refractivity contribution is 0.117. The predicted molar refractivity (Wildman–Crippen MR) is 56.5 cm³/mol. The van der Waals surface area contributed by atoms with Gasteiger partial charge in [-0.15, -0.1) is 0 Å². The number of nitrogens with one attached hydrogen (secondary N) is 1. The minimum absolute atomic E-state index is 0.250. The monoisotopic (exact) mass is 207 g/mol. The van der Waals surface area contributed by atoms with Crippen LogP contribution in [0, 0.1) is 0 Å². The summed E-state index contributed by atoms with van der Waals surface area (Å²) in [6.45, 7) is 5.75. The van der Waals surface area contributed by atoms with E-state index in [1.807, 2.05) is 20.8 Å². The largest absolute Gasteiger partial charge is 0.458 e. The highest BCUT2D eigenvalue weighted by atomic mass is 16.5. The number of hydrogen-bond acceptors (Lipinski definition) is 5. The normalized spacial score (nSPS) is 11.9. The molecule has 0 saturated heterocycles. The molecule has 0 aromatic carbocycles. The Hall–Kier alpha value is -1.85. The zero-order valence-electron chi connectivity index (χ0n) is 8.90. The van der Waals surface area contributed by atoms with Crippen LogP contribution < -0.4 is 10.5 Å². The van der Waals surface area contributed by atoms with Crippen molar-refractivity contribution in [3.8, 4) is 6.01 Å². The molecule has 0 saturated carbocycles. The number of nitrogens with two attached hydrogens (primary N) is 1. The van der Waals surface area contributed by atoms with Crippen LogP contribution in [0.5, 0.6) is 6.01 Å². The Morgan fingerprint density at radius 3 is 2.73 bits per heavy atom. The number of aromatic amines is 1. The van der Waals surface area contributed by atoms with Gasteiger partial charge in [-0.2, -0.15) is 9.97 Å². The van der Waals surface area contributed by atoms with Gasteiger partial charge in [-0.25, -0.2) is 4.98 Å². The number of rotatable bonds is 1. The molecule has 0 atom stereocenters. The number of anilines is 1. The Morgan fingerprint density at radius 2 is 2.07 bits per heavy atom. The number of hydrogen-bond donors (Lipinski definition) is 2. The second kappa shape index (κ2) is 3.08. The summed E-state index contributed by atoms with van der Waals surface area (Å²) in [5.41, 5.74) is 6.52. The third kappa shape index (κ3) is 1.98. The van der Waals surface area contributed by atoms with E-state index in [0.717, 1.165) is 0 Å². The summed E-state index contributed by atoms with van der Waals surface area (Å²) in [5.74, 6) is 0.344. The van der Waals surface area contributed by atoms with Crippen molar-refractivity contribution in [3.05, 3.63) is 6.33 Å². The van der Waals surface area contributed by atoms with Crippen molar-refractivity contribution in [2.45, 2.75) is 26.4 Å². The number of ether oxygens (including phenoxy) is 1. The van der Waals surface area contributed by atoms with Crippen molar-refractivity contribution in [2.24, 2.45) is 0 Å². The highest BCUT2D eigenvalue weighted by molar-refractivity contribution is 5.81. The molecule has 0 amide bonds. The van der Waals surface area contributed by atoms with Gasteiger partial charge in [0.15, 0.2) is 11.5 Å². The van der Waals surface area contributed by atoms with Crippen LogP contribution in [-0.4, -0.2) is 25.5 Å². The lowest BCUT2D eigenvalue weighted by Crippen LogP contribution is -2.24. The quantitative estimate of drug-likeness (QED) is 0.731. The lowest BCUT2D eigenvalue weighted by atomic mass is 10.2. The molecule has 0 aliphatic rings. The van der Waals surface area contributed by atoms with E-state index < -0.39 is 0 Å². The summed E-state index contributed by atoms with van der Waals surface area (Å²) in [6.07, 6.45) is 1.52. The average molecular weight is 207 g/mol.